The van der Waals surface area contributed by atoms with Crippen LogP contribution in [0.25, 0.3) is 0 Å². The molecule has 0 saturated carbocycles. The zero-order valence-corrected chi connectivity index (χ0v) is 13.5. The van der Waals surface area contributed by atoms with Crippen LogP contribution in [-0.2, 0) is 16.1 Å². The van der Waals surface area contributed by atoms with E-state index in [1.165, 1.54) is 7.11 Å². The van der Waals surface area contributed by atoms with E-state index in [4.69, 9.17) is 14.2 Å². The molecule has 0 N–H and O–H groups in total. The van der Waals surface area contributed by atoms with Crippen LogP contribution < -0.4 is 9.47 Å². The molecule has 0 saturated heterocycles. The Morgan fingerprint density at radius 1 is 1.13 bits per heavy atom. The van der Waals surface area contributed by atoms with Gasteiger partial charge >= 0.3 is 5.97 Å². The number of rotatable bonds is 6. The third kappa shape index (κ3) is 4.61. The molecule has 0 unspecified atom stereocenters. The quantitative estimate of drug-likeness (QED) is 0.459. The Balaban J connectivity index is 2.11. The van der Waals surface area contributed by atoms with Gasteiger partial charge in [-0.2, -0.15) is 0 Å². The lowest BCUT2D eigenvalue weighted by Gasteiger charge is -2.12. The third-order valence-corrected chi connectivity index (χ3v) is 3.27. The number of carbonyl (C=O) groups excluding carboxylic acids is 1. The molecule has 0 aliphatic heterocycles. The van der Waals surface area contributed by atoms with Crippen molar-refractivity contribution in [1.29, 1.82) is 0 Å². The summed E-state index contributed by atoms with van der Waals surface area (Å²) in [5.74, 6) is 1.08. The van der Waals surface area contributed by atoms with E-state index in [0.717, 1.165) is 16.9 Å². The first-order valence-corrected chi connectivity index (χ1v) is 7.34. The second-order valence-corrected chi connectivity index (χ2v) is 4.95. The molecule has 0 aliphatic carbocycles. The predicted octanol–water partition coefficient (Wildman–Crippen LogP) is 4.03. The summed E-state index contributed by atoms with van der Waals surface area (Å²) in [7, 11) is 1.33. The lowest BCUT2D eigenvalue weighted by atomic mass is 10.1. The summed E-state index contributed by atoms with van der Waals surface area (Å²) in [5.41, 5.74) is 1.88. The number of allylic oxidation sites excluding steroid dienone is 1. The molecular formula is C19H20O4. The monoisotopic (exact) mass is 312 g/mol. The van der Waals surface area contributed by atoms with Crippen molar-refractivity contribution in [2.75, 3.05) is 7.11 Å². The molecule has 2 rings (SSSR count). The van der Waals surface area contributed by atoms with Crippen LogP contribution in [-0.4, -0.2) is 13.1 Å². The summed E-state index contributed by atoms with van der Waals surface area (Å²) in [6.45, 7) is 4.07. The summed E-state index contributed by atoms with van der Waals surface area (Å²) in [6.07, 6.45) is 1.58. The molecule has 2 aromatic carbocycles. The highest BCUT2D eigenvalue weighted by Crippen LogP contribution is 2.23. The number of benzene rings is 2. The molecule has 4 nitrogen and oxygen atoms in total. The fourth-order valence-electron chi connectivity index (χ4n) is 1.97. The maximum atomic E-state index is 11.6. The summed E-state index contributed by atoms with van der Waals surface area (Å²) >= 11 is 0. The Labute approximate surface area is 136 Å². The van der Waals surface area contributed by atoms with E-state index in [1.807, 2.05) is 55.5 Å². The second kappa shape index (κ2) is 8.03. The SMILES string of the molecule is C/C=C(\Oc1cc(COc2ccccc2)ccc1C)C(=O)OC. The van der Waals surface area contributed by atoms with Gasteiger partial charge < -0.3 is 14.2 Å². The van der Waals surface area contributed by atoms with Crippen molar-refractivity contribution in [3.8, 4) is 11.5 Å². The van der Waals surface area contributed by atoms with Crippen molar-refractivity contribution in [3.05, 3.63) is 71.5 Å². The molecule has 0 radical (unpaired) electrons. The van der Waals surface area contributed by atoms with Crippen molar-refractivity contribution in [3.63, 3.8) is 0 Å². The maximum Gasteiger partial charge on any atom is 0.373 e. The number of aryl methyl sites for hydroxylation is 1. The number of hydrogen-bond acceptors (Lipinski definition) is 4. The number of hydrogen-bond donors (Lipinski definition) is 0. The Kier molecular flexibility index (Phi) is 5.80. The minimum absolute atomic E-state index is 0.164. The average Bonchev–Trinajstić information content (AvgIpc) is 2.60. The molecule has 0 heterocycles. The van der Waals surface area contributed by atoms with E-state index < -0.39 is 5.97 Å². The number of ether oxygens (including phenoxy) is 3. The van der Waals surface area contributed by atoms with Crippen LogP contribution in [0.1, 0.15) is 18.1 Å². The van der Waals surface area contributed by atoms with Gasteiger partial charge in [-0.3, -0.25) is 0 Å². The Hall–Kier alpha value is -2.75. The van der Waals surface area contributed by atoms with E-state index in [0.29, 0.717) is 12.4 Å². The minimum Gasteiger partial charge on any atom is -0.489 e. The van der Waals surface area contributed by atoms with Crippen LogP contribution in [0.4, 0.5) is 0 Å². The summed E-state index contributed by atoms with van der Waals surface area (Å²) in [4.78, 5) is 11.6. The van der Waals surface area contributed by atoms with Crippen molar-refractivity contribution >= 4 is 5.97 Å². The molecule has 0 atom stereocenters. The van der Waals surface area contributed by atoms with E-state index >= 15 is 0 Å². The Bertz CT molecular complexity index is 690. The molecular weight excluding hydrogens is 292 g/mol. The molecule has 2 aromatic rings. The maximum absolute atomic E-state index is 11.6. The van der Waals surface area contributed by atoms with Crippen molar-refractivity contribution in [2.24, 2.45) is 0 Å². The topological polar surface area (TPSA) is 44.8 Å². The van der Waals surface area contributed by atoms with Gasteiger partial charge in [-0.1, -0.05) is 30.3 Å². The normalized spacial score (nSPS) is 11.0. The predicted molar refractivity (Wildman–Crippen MR) is 88.4 cm³/mol. The van der Waals surface area contributed by atoms with E-state index in [2.05, 4.69) is 0 Å². The fraction of sp³-hybridized carbons (Fsp3) is 0.211. The number of esters is 1. The van der Waals surface area contributed by atoms with Gasteiger partial charge in [0.25, 0.3) is 0 Å². The van der Waals surface area contributed by atoms with Gasteiger partial charge in [-0.15, -0.1) is 0 Å². The van der Waals surface area contributed by atoms with Crippen molar-refractivity contribution in [2.45, 2.75) is 20.5 Å². The number of methoxy groups -OCH3 is 1. The largest absolute Gasteiger partial charge is 0.489 e. The summed E-state index contributed by atoms with van der Waals surface area (Å²) in [6, 6.07) is 15.4. The van der Waals surface area contributed by atoms with Crippen LogP contribution in [0.15, 0.2) is 60.4 Å². The van der Waals surface area contributed by atoms with E-state index in [-0.39, 0.29) is 5.76 Å². The third-order valence-electron chi connectivity index (χ3n) is 3.27. The first-order valence-electron chi connectivity index (χ1n) is 7.34. The van der Waals surface area contributed by atoms with Crippen molar-refractivity contribution < 1.29 is 19.0 Å². The molecule has 120 valence electrons. The van der Waals surface area contributed by atoms with E-state index in [9.17, 15) is 4.79 Å². The van der Waals surface area contributed by atoms with Gasteiger partial charge in [0, 0.05) is 0 Å². The molecule has 4 heteroatoms. The van der Waals surface area contributed by atoms with Gasteiger partial charge in [0.2, 0.25) is 5.76 Å². The molecule has 0 amide bonds. The standard InChI is InChI=1S/C19H20O4/c1-4-17(19(20)21-3)23-18-12-15(11-10-14(18)2)13-22-16-8-6-5-7-9-16/h4-12H,13H2,1-3H3/b17-4-. The van der Waals surface area contributed by atoms with Gasteiger partial charge in [-0.25, -0.2) is 4.79 Å². The first-order chi connectivity index (χ1) is 11.1. The van der Waals surface area contributed by atoms with Crippen LogP contribution >= 0.6 is 0 Å². The molecule has 0 bridgehead atoms. The minimum atomic E-state index is -0.502. The highest BCUT2D eigenvalue weighted by molar-refractivity contribution is 5.86. The Morgan fingerprint density at radius 2 is 1.87 bits per heavy atom. The smallest absolute Gasteiger partial charge is 0.373 e. The number of carbonyl (C=O) groups is 1. The molecule has 0 spiro atoms. The van der Waals surface area contributed by atoms with E-state index in [1.54, 1.807) is 13.0 Å². The summed E-state index contributed by atoms with van der Waals surface area (Å²) in [5, 5.41) is 0. The van der Waals surface area contributed by atoms with Gasteiger partial charge in [0.1, 0.15) is 18.1 Å². The molecule has 23 heavy (non-hydrogen) atoms. The fourth-order valence-corrected chi connectivity index (χ4v) is 1.97. The van der Waals surface area contributed by atoms with Crippen LogP contribution in [0.5, 0.6) is 11.5 Å². The molecule has 0 aromatic heterocycles. The molecule has 0 fully saturated rings. The summed E-state index contributed by atoms with van der Waals surface area (Å²) < 4.78 is 16.1. The van der Waals surface area contributed by atoms with Gasteiger partial charge in [0.15, 0.2) is 0 Å². The average molecular weight is 312 g/mol. The lowest BCUT2D eigenvalue weighted by Crippen LogP contribution is -2.11. The Morgan fingerprint density at radius 3 is 2.52 bits per heavy atom. The van der Waals surface area contributed by atoms with Gasteiger partial charge in [-0.05, 0) is 49.2 Å². The van der Waals surface area contributed by atoms with Gasteiger partial charge in [0.05, 0.1) is 7.11 Å². The highest BCUT2D eigenvalue weighted by Gasteiger charge is 2.13. The zero-order valence-electron chi connectivity index (χ0n) is 13.5. The lowest BCUT2D eigenvalue weighted by molar-refractivity contribution is -0.138. The van der Waals surface area contributed by atoms with Crippen LogP contribution in [0, 0.1) is 6.92 Å². The van der Waals surface area contributed by atoms with Crippen LogP contribution in [0.2, 0.25) is 0 Å². The molecule has 0 aliphatic rings. The zero-order chi connectivity index (χ0) is 16.7. The highest BCUT2D eigenvalue weighted by atomic mass is 16.6. The first kappa shape index (κ1) is 16.6. The van der Waals surface area contributed by atoms with Crippen molar-refractivity contribution in [1.82, 2.24) is 0 Å². The second-order valence-electron chi connectivity index (χ2n) is 4.95. The van der Waals surface area contributed by atoms with Crippen LogP contribution in [0.3, 0.4) is 0 Å². The number of para-hydroxylation sites is 1.